The third-order valence-electron chi connectivity index (χ3n) is 11.4. The smallest absolute Gasteiger partial charge is 0.330 e. The summed E-state index contributed by atoms with van der Waals surface area (Å²) in [5, 5.41) is 4.89. The monoisotopic (exact) mass is 831 g/mol. The molecule has 1 aliphatic rings. The first-order chi connectivity index (χ1) is 31.1. The van der Waals surface area contributed by atoms with Crippen LogP contribution < -0.4 is 11.2 Å². The minimum absolute atomic E-state index is 0.0598. The molecule has 2 heterocycles. The third kappa shape index (κ3) is 8.33. The number of ether oxygens (including phenoxy) is 3. The first-order valence-electron chi connectivity index (χ1n) is 20.9. The van der Waals surface area contributed by atoms with E-state index in [1.807, 2.05) is 176 Å². The van der Waals surface area contributed by atoms with Crippen LogP contribution in [0.5, 0.6) is 0 Å². The summed E-state index contributed by atoms with van der Waals surface area (Å²) in [6.45, 7) is 0.0901. The van der Waals surface area contributed by atoms with Crippen LogP contribution in [0.4, 0.5) is 0 Å². The summed E-state index contributed by atoms with van der Waals surface area (Å²) in [5.74, 6) is 0. The minimum Gasteiger partial charge on any atom is -0.391 e. The van der Waals surface area contributed by atoms with E-state index in [0.717, 1.165) is 38.9 Å². The molecule has 9 nitrogen and oxygen atoms in total. The molecule has 0 bridgehead atoms. The topological polar surface area (TPSA) is 104 Å². The molecule has 312 valence electrons. The van der Waals surface area contributed by atoms with Crippen molar-refractivity contribution in [2.24, 2.45) is 5.16 Å². The van der Waals surface area contributed by atoms with Gasteiger partial charge in [-0.25, -0.2) is 4.79 Å². The van der Waals surface area contributed by atoms with E-state index in [0.29, 0.717) is 5.71 Å². The molecule has 63 heavy (non-hydrogen) atoms. The molecule has 1 aliphatic heterocycles. The lowest BCUT2D eigenvalue weighted by molar-refractivity contribution is -0.118. The molecular weight excluding hydrogens is 787 g/mol. The standard InChI is InChI=1S/C54H45N3O6/c58-48-36-37-57(52(59)55-48)51-50(63-54(44-30-16-5-17-31-44,45-32-18-6-19-33-45)46-34-20-7-21-35-46)49(56-61-38-40-22-8-1-9-23-40)47(62-51)39-60-53(41-24-10-2-11-25-41,42-26-12-3-13-27-42)43-28-14-4-15-29-43/h1-37,47,50-51H,38-39H2,(H,55,58,59)/b56-49-/t47-,50-,51-/m1/s1. The van der Waals surface area contributed by atoms with Gasteiger partial charge in [-0.3, -0.25) is 14.3 Å². The number of nitrogens with one attached hydrogen (secondary N) is 1. The molecule has 0 radical (unpaired) electrons. The van der Waals surface area contributed by atoms with E-state index in [-0.39, 0.29) is 13.2 Å². The Hall–Kier alpha value is -7.43. The van der Waals surface area contributed by atoms with Crippen LogP contribution in [0.2, 0.25) is 0 Å². The van der Waals surface area contributed by atoms with Crippen LogP contribution >= 0.6 is 0 Å². The predicted octanol–water partition coefficient (Wildman–Crippen LogP) is 9.39. The molecule has 0 aliphatic carbocycles. The number of hydrogen-bond acceptors (Lipinski definition) is 7. The van der Waals surface area contributed by atoms with Gasteiger partial charge in [0.15, 0.2) is 6.23 Å². The zero-order chi connectivity index (χ0) is 42.9. The first-order valence-corrected chi connectivity index (χ1v) is 20.9. The average molecular weight is 832 g/mol. The molecular formula is C54H45N3O6. The second-order valence-electron chi connectivity index (χ2n) is 15.2. The van der Waals surface area contributed by atoms with Crippen molar-refractivity contribution in [2.45, 2.75) is 36.2 Å². The summed E-state index contributed by atoms with van der Waals surface area (Å²) in [7, 11) is 0. The molecule has 0 amide bonds. The molecule has 1 aromatic heterocycles. The van der Waals surface area contributed by atoms with E-state index < -0.39 is 40.9 Å². The van der Waals surface area contributed by atoms with Crippen molar-refractivity contribution in [2.75, 3.05) is 6.61 Å². The Morgan fingerprint density at radius 3 is 1.33 bits per heavy atom. The molecule has 0 unspecified atom stereocenters. The predicted molar refractivity (Wildman–Crippen MR) is 243 cm³/mol. The summed E-state index contributed by atoms with van der Waals surface area (Å²) >= 11 is 0. The lowest BCUT2D eigenvalue weighted by atomic mass is 9.79. The largest absolute Gasteiger partial charge is 0.391 e. The van der Waals surface area contributed by atoms with E-state index in [9.17, 15) is 9.59 Å². The van der Waals surface area contributed by atoms with E-state index in [2.05, 4.69) is 41.4 Å². The Labute approximate surface area is 365 Å². The Kier molecular flexibility index (Phi) is 12.1. The highest BCUT2D eigenvalue weighted by molar-refractivity contribution is 5.94. The number of benzene rings is 7. The van der Waals surface area contributed by atoms with Gasteiger partial charge in [0.2, 0.25) is 0 Å². The summed E-state index contributed by atoms with van der Waals surface area (Å²) < 4.78 is 23.4. The lowest BCUT2D eigenvalue weighted by Crippen LogP contribution is -2.44. The number of aromatic nitrogens is 2. The van der Waals surface area contributed by atoms with Crippen molar-refractivity contribution in [3.05, 3.63) is 284 Å². The van der Waals surface area contributed by atoms with Crippen LogP contribution in [0.15, 0.2) is 239 Å². The van der Waals surface area contributed by atoms with Crippen LogP contribution in [-0.4, -0.2) is 34.1 Å². The van der Waals surface area contributed by atoms with Gasteiger partial charge in [-0.05, 0) is 38.9 Å². The van der Waals surface area contributed by atoms with Gasteiger partial charge in [0.1, 0.15) is 35.7 Å². The van der Waals surface area contributed by atoms with Crippen molar-refractivity contribution >= 4 is 5.71 Å². The summed E-state index contributed by atoms with van der Waals surface area (Å²) in [4.78, 5) is 35.1. The van der Waals surface area contributed by atoms with Crippen LogP contribution in [0, 0.1) is 0 Å². The average Bonchev–Trinajstić information content (AvgIpc) is 3.68. The number of H-pyrrole nitrogens is 1. The lowest BCUT2D eigenvalue weighted by Gasteiger charge is -2.39. The Morgan fingerprint density at radius 1 is 0.524 bits per heavy atom. The van der Waals surface area contributed by atoms with E-state index >= 15 is 0 Å². The Bertz CT molecular complexity index is 2650. The van der Waals surface area contributed by atoms with Crippen molar-refractivity contribution < 1.29 is 19.0 Å². The number of aromatic amines is 1. The van der Waals surface area contributed by atoms with E-state index in [1.54, 1.807) is 0 Å². The molecule has 7 aromatic carbocycles. The molecule has 1 fully saturated rings. The van der Waals surface area contributed by atoms with Gasteiger partial charge in [0, 0.05) is 12.3 Å². The highest BCUT2D eigenvalue weighted by Crippen LogP contribution is 2.46. The van der Waals surface area contributed by atoms with Crippen molar-refractivity contribution in [1.29, 1.82) is 0 Å². The third-order valence-corrected chi connectivity index (χ3v) is 11.4. The fraction of sp³-hybridized carbons (Fsp3) is 0.130. The number of hydrogen-bond donors (Lipinski definition) is 1. The van der Waals surface area contributed by atoms with E-state index in [1.165, 1.54) is 16.8 Å². The van der Waals surface area contributed by atoms with Gasteiger partial charge >= 0.3 is 5.69 Å². The maximum atomic E-state index is 13.9. The van der Waals surface area contributed by atoms with Gasteiger partial charge < -0.3 is 19.0 Å². The fourth-order valence-corrected chi connectivity index (χ4v) is 8.47. The first kappa shape index (κ1) is 40.9. The highest BCUT2D eigenvalue weighted by Gasteiger charge is 2.52. The Balaban J connectivity index is 1.24. The van der Waals surface area contributed by atoms with Gasteiger partial charge in [0.25, 0.3) is 5.56 Å². The number of oxime groups is 1. The summed E-state index contributed by atoms with van der Waals surface area (Å²) in [6, 6.07) is 71.1. The highest BCUT2D eigenvalue weighted by atomic mass is 16.6. The SMILES string of the molecule is O=c1ccn([C@@H]2O[C@H](COC(c3ccccc3)(c3ccccc3)c3ccccc3)/C(=N/OCc3ccccc3)[C@H]2OC(c2ccccc2)(c2ccccc2)c2ccccc2)c(=O)[nH]1. The molecule has 3 atom stereocenters. The second-order valence-corrected chi connectivity index (χ2v) is 15.2. The maximum Gasteiger partial charge on any atom is 0.330 e. The quantitative estimate of drug-likeness (QED) is 0.0816. The molecule has 8 aromatic rings. The van der Waals surface area contributed by atoms with Crippen molar-refractivity contribution in [3.8, 4) is 0 Å². The number of nitrogens with zero attached hydrogens (tertiary/aromatic N) is 2. The Morgan fingerprint density at radius 2 is 0.921 bits per heavy atom. The maximum absolute atomic E-state index is 13.9. The van der Waals surface area contributed by atoms with Gasteiger partial charge in [-0.2, -0.15) is 0 Å². The molecule has 1 saturated heterocycles. The van der Waals surface area contributed by atoms with Crippen LogP contribution in [0.1, 0.15) is 45.2 Å². The number of rotatable bonds is 15. The van der Waals surface area contributed by atoms with Crippen molar-refractivity contribution in [1.82, 2.24) is 9.55 Å². The van der Waals surface area contributed by atoms with Crippen molar-refractivity contribution in [3.63, 3.8) is 0 Å². The van der Waals surface area contributed by atoms with Crippen LogP contribution in [-0.2, 0) is 36.9 Å². The normalized spacial score (nSPS) is 17.1. The van der Waals surface area contributed by atoms with Crippen LogP contribution in [0.3, 0.4) is 0 Å². The summed E-state index contributed by atoms with van der Waals surface area (Å²) in [6.07, 6.45) is -1.77. The molecule has 0 spiro atoms. The van der Waals surface area contributed by atoms with Gasteiger partial charge in [-0.1, -0.05) is 217 Å². The fourth-order valence-electron chi connectivity index (χ4n) is 8.47. The van der Waals surface area contributed by atoms with Crippen LogP contribution in [0.25, 0.3) is 0 Å². The van der Waals surface area contributed by atoms with Gasteiger partial charge in [-0.15, -0.1) is 0 Å². The minimum atomic E-state index is -1.28. The van der Waals surface area contributed by atoms with E-state index in [4.69, 9.17) is 24.2 Å². The molecule has 9 heteroatoms. The molecule has 9 rings (SSSR count). The van der Waals surface area contributed by atoms with Gasteiger partial charge in [0.05, 0.1) is 6.61 Å². The molecule has 0 saturated carbocycles. The summed E-state index contributed by atoms with van der Waals surface area (Å²) in [5.41, 5.74) is 2.83. The zero-order valence-electron chi connectivity index (χ0n) is 34.4. The molecule has 1 N–H and O–H groups in total. The zero-order valence-corrected chi connectivity index (χ0v) is 34.4. The second kappa shape index (κ2) is 18.7.